The molecule has 7 heteroatoms. The fourth-order valence-corrected chi connectivity index (χ4v) is 5.42. The van der Waals surface area contributed by atoms with Crippen molar-refractivity contribution in [2.75, 3.05) is 0 Å². The van der Waals surface area contributed by atoms with Gasteiger partial charge >= 0.3 is 0 Å². The molecule has 37 heavy (non-hydrogen) atoms. The Balaban J connectivity index is 1.64. The van der Waals surface area contributed by atoms with Crippen LogP contribution in [0.1, 0.15) is 11.4 Å². The van der Waals surface area contributed by atoms with Crippen molar-refractivity contribution < 1.29 is 0 Å². The Labute approximate surface area is 221 Å². The molecule has 0 amide bonds. The van der Waals surface area contributed by atoms with E-state index < -0.39 is 0 Å². The molecular weight excluding hydrogens is 524 g/mol. The third-order valence-electron chi connectivity index (χ3n) is 6.69. The quantitative estimate of drug-likeness (QED) is 0.233. The van der Waals surface area contributed by atoms with E-state index in [1.165, 1.54) is 0 Å². The van der Waals surface area contributed by atoms with Crippen LogP contribution in [0.25, 0.3) is 55.6 Å². The summed E-state index contributed by atoms with van der Waals surface area (Å²) < 4.78 is 4.87. The molecule has 0 saturated heterocycles. The van der Waals surface area contributed by atoms with Crippen molar-refractivity contribution in [1.29, 1.82) is 0 Å². The van der Waals surface area contributed by atoms with Crippen molar-refractivity contribution in [3.63, 3.8) is 0 Å². The number of fused-ring (bicyclic) bond motifs is 3. The number of nitrogens with zero attached hydrogens (tertiary/aromatic N) is 6. The first-order chi connectivity index (χ1) is 18.1. The number of hydrogen-bond acceptors (Lipinski definition) is 4. The summed E-state index contributed by atoms with van der Waals surface area (Å²) in [6.45, 7) is 4.07. The zero-order valence-electron chi connectivity index (χ0n) is 20.2. The van der Waals surface area contributed by atoms with E-state index in [4.69, 9.17) is 20.2 Å². The first kappa shape index (κ1) is 21.9. The lowest BCUT2D eigenvalue weighted by molar-refractivity contribution is 0.863. The van der Waals surface area contributed by atoms with Gasteiger partial charge in [0.15, 0.2) is 11.3 Å². The maximum Gasteiger partial charge on any atom is 0.166 e. The van der Waals surface area contributed by atoms with E-state index in [0.717, 1.165) is 71.5 Å². The van der Waals surface area contributed by atoms with Crippen LogP contribution in [0.5, 0.6) is 0 Å². The minimum absolute atomic E-state index is 0.779. The first-order valence-electron chi connectivity index (χ1n) is 12.0. The molecule has 4 aromatic heterocycles. The van der Waals surface area contributed by atoms with Gasteiger partial charge in [0.1, 0.15) is 0 Å². The second-order valence-electron chi connectivity index (χ2n) is 9.08. The number of para-hydroxylation sites is 2. The van der Waals surface area contributed by atoms with Crippen LogP contribution in [0.4, 0.5) is 0 Å². The van der Waals surface area contributed by atoms with Crippen LogP contribution in [-0.4, -0.2) is 29.5 Å². The van der Waals surface area contributed by atoms with Gasteiger partial charge in [-0.25, -0.2) is 19.3 Å². The average molecular weight is 545 g/mol. The zero-order valence-corrected chi connectivity index (χ0v) is 21.8. The monoisotopic (exact) mass is 544 g/mol. The summed E-state index contributed by atoms with van der Waals surface area (Å²) in [5.74, 6) is 0. The summed E-state index contributed by atoms with van der Waals surface area (Å²) in [6.07, 6.45) is 0. The molecule has 0 spiro atoms. The topological polar surface area (TPSA) is 61.4 Å². The number of benzene rings is 3. The van der Waals surface area contributed by atoms with E-state index >= 15 is 0 Å². The van der Waals surface area contributed by atoms with Gasteiger partial charge in [0.05, 0.1) is 44.7 Å². The van der Waals surface area contributed by atoms with Crippen LogP contribution in [0.15, 0.2) is 95.5 Å². The molecule has 7 aromatic rings. The molecule has 178 valence electrons. The van der Waals surface area contributed by atoms with Crippen LogP contribution >= 0.6 is 15.9 Å². The number of halogens is 1. The normalized spacial score (nSPS) is 11.6. The van der Waals surface area contributed by atoms with Gasteiger partial charge in [-0.3, -0.25) is 0 Å². The standard InChI is InChI=1S/C30H21BrN6/c1-18-26-28(25-15-13-20-17-21(31)14-16-24(20)32-25)27-19(2)35-37(23-11-7-4-8-12-23)30(27)33-29(26)36(34-18)22-9-5-3-6-10-22/h3-17H,1-2H3. The highest BCUT2D eigenvalue weighted by molar-refractivity contribution is 9.10. The zero-order chi connectivity index (χ0) is 25.1. The smallest absolute Gasteiger partial charge is 0.166 e. The lowest BCUT2D eigenvalue weighted by Gasteiger charge is -2.10. The summed E-state index contributed by atoms with van der Waals surface area (Å²) in [7, 11) is 0. The van der Waals surface area contributed by atoms with Crippen molar-refractivity contribution in [2.45, 2.75) is 13.8 Å². The Morgan fingerprint density at radius 1 is 0.622 bits per heavy atom. The van der Waals surface area contributed by atoms with Gasteiger partial charge in [-0.2, -0.15) is 10.2 Å². The molecule has 0 unspecified atom stereocenters. The summed E-state index contributed by atoms with van der Waals surface area (Å²) in [4.78, 5) is 10.3. The summed E-state index contributed by atoms with van der Waals surface area (Å²) in [5, 5.41) is 12.9. The molecular formula is C30H21BrN6. The van der Waals surface area contributed by atoms with Crippen LogP contribution < -0.4 is 0 Å². The van der Waals surface area contributed by atoms with Gasteiger partial charge in [0.2, 0.25) is 0 Å². The summed E-state index contributed by atoms with van der Waals surface area (Å²) in [5.41, 5.74) is 8.07. The highest BCUT2D eigenvalue weighted by Crippen LogP contribution is 2.39. The molecule has 7 rings (SSSR count). The predicted molar refractivity (Wildman–Crippen MR) is 151 cm³/mol. The highest BCUT2D eigenvalue weighted by Gasteiger charge is 2.24. The van der Waals surface area contributed by atoms with E-state index in [2.05, 4.69) is 34.1 Å². The molecule has 0 atom stereocenters. The fraction of sp³-hybridized carbons (Fsp3) is 0.0667. The second-order valence-corrected chi connectivity index (χ2v) is 10.00. The lowest BCUT2D eigenvalue weighted by atomic mass is 10.0. The van der Waals surface area contributed by atoms with Gasteiger partial charge < -0.3 is 0 Å². The molecule has 0 fully saturated rings. The molecule has 3 aromatic carbocycles. The van der Waals surface area contributed by atoms with Crippen LogP contribution in [0, 0.1) is 13.8 Å². The molecule has 0 aliphatic rings. The van der Waals surface area contributed by atoms with Crippen molar-refractivity contribution >= 4 is 48.9 Å². The van der Waals surface area contributed by atoms with Gasteiger partial charge in [-0.15, -0.1) is 0 Å². The molecule has 0 saturated carbocycles. The van der Waals surface area contributed by atoms with E-state index in [0.29, 0.717) is 0 Å². The number of aromatic nitrogens is 6. The Bertz CT molecular complexity index is 1860. The maximum atomic E-state index is 5.20. The van der Waals surface area contributed by atoms with E-state index in [1.54, 1.807) is 0 Å². The lowest BCUT2D eigenvalue weighted by Crippen LogP contribution is -2.01. The van der Waals surface area contributed by atoms with Crippen molar-refractivity contribution in [3.05, 3.63) is 107 Å². The third kappa shape index (κ3) is 3.46. The van der Waals surface area contributed by atoms with E-state index in [-0.39, 0.29) is 0 Å². The molecule has 0 N–H and O–H groups in total. The summed E-state index contributed by atoms with van der Waals surface area (Å²) in [6, 6.07) is 30.6. The van der Waals surface area contributed by atoms with Gasteiger partial charge in [-0.05, 0) is 62.4 Å². The Kier molecular flexibility index (Phi) is 4.94. The third-order valence-corrected chi connectivity index (χ3v) is 7.19. The Morgan fingerprint density at radius 3 is 1.76 bits per heavy atom. The number of aryl methyl sites for hydroxylation is 2. The van der Waals surface area contributed by atoms with Crippen LogP contribution in [-0.2, 0) is 0 Å². The Hall–Kier alpha value is -4.36. The van der Waals surface area contributed by atoms with Crippen molar-refractivity contribution in [2.24, 2.45) is 0 Å². The van der Waals surface area contributed by atoms with Crippen molar-refractivity contribution in [3.8, 4) is 22.6 Å². The Morgan fingerprint density at radius 2 is 1.19 bits per heavy atom. The summed E-state index contributed by atoms with van der Waals surface area (Å²) >= 11 is 3.57. The molecule has 0 radical (unpaired) electrons. The van der Waals surface area contributed by atoms with Gasteiger partial charge in [-0.1, -0.05) is 58.4 Å². The average Bonchev–Trinajstić information content (AvgIpc) is 3.45. The van der Waals surface area contributed by atoms with Crippen molar-refractivity contribution in [1.82, 2.24) is 29.5 Å². The molecule has 4 heterocycles. The van der Waals surface area contributed by atoms with Gasteiger partial charge in [0.25, 0.3) is 0 Å². The predicted octanol–water partition coefficient (Wildman–Crippen LogP) is 7.35. The van der Waals surface area contributed by atoms with Gasteiger partial charge in [0, 0.05) is 15.4 Å². The van der Waals surface area contributed by atoms with E-state index in [9.17, 15) is 0 Å². The minimum atomic E-state index is 0.779. The molecule has 0 aliphatic carbocycles. The maximum absolute atomic E-state index is 5.20. The van der Waals surface area contributed by atoms with E-state index in [1.807, 2.05) is 96.0 Å². The SMILES string of the molecule is Cc1nn(-c2ccccc2)c2nc3c(c(C)nn3-c3ccccc3)c(-c3ccc4cc(Br)ccc4n3)c12. The van der Waals surface area contributed by atoms with Crippen LogP contribution in [0.2, 0.25) is 0 Å². The second kappa shape index (κ2) is 8.35. The number of pyridine rings is 2. The number of hydrogen-bond donors (Lipinski definition) is 0. The molecule has 0 aliphatic heterocycles. The molecule has 0 bridgehead atoms. The fourth-order valence-electron chi connectivity index (χ4n) is 5.04. The first-order valence-corrected chi connectivity index (χ1v) is 12.8. The minimum Gasteiger partial charge on any atom is -0.248 e. The number of rotatable bonds is 3. The largest absolute Gasteiger partial charge is 0.248 e. The van der Waals surface area contributed by atoms with Crippen LogP contribution in [0.3, 0.4) is 0 Å². The molecule has 6 nitrogen and oxygen atoms in total. The highest BCUT2D eigenvalue weighted by atomic mass is 79.9.